The normalized spacial score (nSPS) is 15.7. The molecule has 2 aromatic heterocycles. The summed E-state index contributed by atoms with van der Waals surface area (Å²) >= 11 is 0. The van der Waals surface area contributed by atoms with Crippen LogP contribution in [0.1, 0.15) is 79.2 Å². The molecule has 3 aromatic rings. The predicted octanol–water partition coefficient (Wildman–Crippen LogP) is 10.1. The van der Waals surface area contributed by atoms with E-state index in [-0.39, 0.29) is 33.4 Å². The number of hydrogen-bond acceptors (Lipinski definition) is 5. The van der Waals surface area contributed by atoms with Gasteiger partial charge >= 0.3 is 0 Å². The van der Waals surface area contributed by atoms with Crippen molar-refractivity contribution < 1.29 is 18.1 Å². The van der Waals surface area contributed by atoms with Gasteiger partial charge in [0.15, 0.2) is 30.7 Å². The third kappa shape index (κ3) is 7.97. The summed E-state index contributed by atoms with van der Waals surface area (Å²) in [5.41, 5.74) is 2.23. The van der Waals surface area contributed by atoms with Gasteiger partial charge in [-0.05, 0) is 66.5 Å². The summed E-state index contributed by atoms with van der Waals surface area (Å²) in [7, 11) is -6.65. The number of nitrogens with one attached hydrogen (secondary N) is 1. The zero-order chi connectivity index (χ0) is 32.8. The van der Waals surface area contributed by atoms with Crippen molar-refractivity contribution in [1.29, 1.82) is 0 Å². The molecule has 2 heterocycles. The van der Waals surface area contributed by atoms with Crippen LogP contribution in [0.2, 0.25) is 54.4 Å². The molecule has 0 aliphatic carbocycles. The second kappa shape index (κ2) is 12.3. The minimum absolute atomic E-state index is 0.00867. The molecule has 0 radical (unpaired) electrons. The molecule has 2 atom stereocenters. The smallest absolute Gasteiger partial charge is 0.192 e. The molecule has 0 aliphatic heterocycles. The fraction of sp³-hybridized carbons (Fsp3) is 0.647. The van der Waals surface area contributed by atoms with Gasteiger partial charge < -0.3 is 18.3 Å². The summed E-state index contributed by atoms with van der Waals surface area (Å²) in [6.07, 6.45) is 1.07. The molecule has 240 valence electrons. The summed E-state index contributed by atoms with van der Waals surface area (Å²) in [6.45, 7) is 34.2. The predicted molar refractivity (Wildman–Crippen MR) is 190 cm³/mol. The summed E-state index contributed by atoms with van der Waals surface area (Å²) < 4.78 is 21.1. The summed E-state index contributed by atoms with van der Waals surface area (Å²) in [5, 5.41) is 2.10. The van der Waals surface area contributed by atoms with Crippen LogP contribution >= 0.6 is 0 Å². The standard InChI is InChI=1S/C34H58N2O4Si3/c1-32(2,3)41(10,11)38-23-29(40-43(14,15)34(7,8)9)28(39-42(12,13)33(4,5)6)22-27(37)31-30-25(20-21-35-31)24-18-16-17-19-26(24)36-30/h16-21,28-29,36H,22-23H2,1-15H3/t28-,29+/m0/s1. The number of aromatic nitrogens is 2. The van der Waals surface area contributed by atoms with Crippen molar-refractivity contribution in [2.75, 3.05) is 6.61 Å². The maximum absolute atomic E-state index is 14.3. The van der Waals surface area contributed by atoms with Crippen molar-refractivity contribution in [2.24, 2.45) is 0 Å². The first-order valence-corrected chi connectivity index (χ1v) is 24.5. The van der Waals surface area contributed by atoms with Crippen molar-refractivity contribution in [3.63, 3.8) is 0 Å². The van der Waals surface area contributed by atoms with Crippen molar-refractivity contribution in [2.45, 2.75) is 135 Å². The van der Waals surface area contributed by atoms with E-state index in [0.29, 0.717) is 12.3 Å². The minimum Gasteiger partial charge on any atom is -0.414 e. The molecule has 6 nitrogen and oxygen atoms in total. The van der Waals surface area contributed by atoms with Crippen LogP contribution in [0.3, 0.4) is 0 Å². The average Bonchev–Trinajstić information content (AvgIpc) is 3.22. The van der Waals surface area contributed by atoms with Crippen LogP contribution in [0.4, 0.5) is 0 Å². The number of nitrogens with zero attached hydrogens (tertiary/aromatic N) is 1. The van der Waals surface area contributed by atoms with Crippen LogP contribution in [-0.4, -0.2) is 59.5 Å². The van der Waals surface area contributed by atoms with Crippen molar-refractivity contribution in [3.8, 4) is 0 Å². The van der Waals surface area contributed by atoms with Crippen LogP contribution in [0.5, 0.6) is 0 Å². The molecule has 9 heteroatoms. The number of H-pyrrole nitrogens is 1. The van der Waals surface area contributed by atoms with Gasteiger partial charge in [0.25, 0.3) is 0 Å². The first-order chi connectivity index (χ1) is 19.4. The van der Waals surface area contributed by atoms with Crippen LogP contribution in [0.15, 0.2) is 36.5 Å². The molecule has 43 heavy (non-hydrogen) atoms. The van der Waals surface area contributed by atoms with Crippen molar-refractivity contribution >= 4 is 52.5 Å². The third-order valence-electron chi connectivity index (χ3n) is 10.4. The average molecular weight is 643 g/mol. The van der Waals surface area contributed by atoms with E-state index < -0.39 is 31.1 Å². The lowest BCUT2D eigenvalue weighted by Crippen LogP contribution is -2.55. The number of hydrogen-bond donors (Lipinski definition) is 1. The summed E-state index contributed by atoms with van der Waals surface area (Å²) in [5.74, 6) is -0.0444. The highest BCUT2D eigenvalue weighted by molar-refractivity contribution is 6.75. The molecule has 1 N–H and O–H groups in total. The number of fused-ring (bicyclic) bond motifs is 3. The van der Waals surface area contributed by atoms with Gasteiger partial charge in [0.05, 0.1) is 24.3 Å². The Balaban J connectivity index is 2.10. The minimum atomic E-state index is -2.30. The Morgan fingerprint density at radius 2 is 1.26 bits per heavy atom. The highest BCUT2D eigenvalue weighted by Crippen LogP contribution is 2.42. The summed E-state index contributed by atoms with van der Waals surface area (Å²) in [6, 6.07) is 10.1. The Morgan fingerprint density at radius 3 is 1.79 bits per heavy atom. The Labute approximate surface area is 264 Å². The molecule has 0 unspecified atom stereocenters. The van der Waals surface area contributed by atoms with Gasteiger partial charge in [0.2, 0.25) is 0 Å². The number of rotatable bonds is 11. The lowest BCUT2D eigenvalue weighted by molar-refractivity contribution is 0.00186. The van der Waals surface area contributed by atoms with E-state index >= 15 is 0 Å². The zero-order valence-corrected chi connectivity index (χ0v) is 32.6. The quantitative estimate of drug-likeness (QED) is 0.166. The fourth-order valence-electron chi connectivity index (χ4n) is 4.35. The van der Waals surface area contributed by atoms with Crippen LogP contribution in [-0.2, 0) is 13.3 Å². The number of aromatic amines is 1. The van der Waals surface area contributed by atoms with E-state index in [9.17, 15) is 4.79 Å². The zero-order valence-electron chi connectivity index (χ0n) is 29.6. The molecule has 1 aromatic carbocycles. The first-order valence-electron chi connectivity index (χ1n) is 15.8. The molecule has 3 rings (SSSR count). The maximum Gasteiger partial charge on any atom is 0.192 e. The molecular formula is C34H58N2O4Si3. The van der Waals surface area contributed by atoms with Crippen LogP contribution in [0.25, 0.3) is 21.8 Å². The lowest BCUT2D eigenvalue weighted by Gasteiger charge is -2.46. The summed E-state index contributed by atoms with van der Waals surface area (Å²) in [4.78, 5) is 22.4. The van der Waals surface area contributed by atoms with E-state index in [4.69, 9.17) is 13.3 Å². The Bertz CT molecular complexity index is 1430. The van der Waals surface area contributed by atoms with Crippen molar-refractivity contribution in [3.05, 3.63) is 42.2 Å². The molecule has 0 aliphatic rings. The molecule has 0 saturated carbocycles. The van der Waals surface area contributed by atoms with Gasteiger partial charge in [0, 0.05) is 28.9 Å². The molecule has 0 fully saturated rings. The number of para-hydroxylation sites is 1. The number of benzene rings is 1. The molecular weight excluding hydrogens is 585 g/mol. The monoisotopic (exact) mass is 642 g/mol. The first kappa shape index (κ1) is 35.8. The number of carbonyl (C=O) groups is 1. The highest BCUT2D eigenvalue weighted by atomic mass is 28.4. The van der Waals surface area contributed by atoms with Gasteiger partial charge in [-0.15, -0.1) is 0 Å². The van der Waals surface area contributed by atoms with E-state index in [1.54, 1.807) is 6.20 Å². The SMILES string of the molecule is CC(C)(C)[Si](C)(C)OC[C@@H](O[Si](C)(C)C(C)(C)C)[C@H](CC(=O)c1nccc2c1[nH]c1ccccc12)O[Si](C)(C)C(C)(C)C. The van der Waals surface area contributed by atoms with E-state index in [1.165, 1.54) is 0 Å². The molecule has 0 spiro atoms. The van der Waals surface area contributed by atoms with E-state index in [2.05, 4.69) is 118 Å². The van der Waals surface area contributed by atoms with Crippen LogP contribution < -0.4 is 0 Å². The molecule has 0 bridgehead atoms. The molecule has 0 amide bonds. The topological polar surface area (TPSA) is 73.4 Å². The van der Waals surface area contributed by atoms with Crippen molar-refractivity contribution in [1.82, 2.24) is 9.97 Å². The Morgan fingerprint density at radius 1 is 0.744 bits per heavy atom. The van der Waals surface area contributed by atoms with Gasteiger partial charge in [-0.2, -0.15) is 0 Å². The van der Waals surface area contributed by atoms with E-state index in [0.717, 1.165) is 21.8 Å². The third-order valence-corrected chi connectivity index (χ3v) is 23.9. The fourth-order valence-corrected chi connectivity index (χ4v) is 8.04. The second-order valence-corrected chi connectivity index (χ2v) is 31.1. The maximum atomic E-state index is 14.3. The van der Waals surface area contributed by atoms with Gasteiger partial charge in [-0.25, -0.2) is 0 Å². The highest BCUT2D eigenvalue weighted by Gasteiger charge is 2.47. The number of pyridine rings is 1. The largest absolute Gasteiger partial charge is 0.414 e. The molecule has 0 saturated heterocycles. The number of carbonyl (C=O) groups excluding carboxylic acids is 1. The van der Waals surface area contributed by atoms with Gasteiger partial charge in [0.1, 0.15) is 5.69 Å². The van der Waals surface area contributed by atoms with Gasteiger partial charge in [-0.1, -0.05) is 80.5 Å². The van der Waals surface area contributed by atoms with Crippen LogP contribution in [0, 0.1) is 0 Å². The number of Topliss-reactive ketones (excluding diaryl/α,β-unsaturated/α-hetero) is 1. The van der Waals surface area contributed by atoms with Gasteiger partial charge in [-0.3, -0.25) is 9.78 Å². The second-order valence-electron chi connectivity index (χ2n) is 16.8. The Kier molecular flexibility index (Phi) is 10.2. The number of ketones is 1. The lowest BCUT2D eigenvalue weighted by atomic mass is 10.0. The Hall–Kier alpha value is -1.63. The van der Waals surface area contributed by atoms with E-state index in [1.807, 2.05) is 24.3 Å².